The minimum atomic E-state index is 0.418. The van der Waals surface area contributed by atoms with Crippen LogP contribution in [0.1, 0.15) is 12.1 Å². The van der Waals surface area contributed by atoms with Crippen LogP contribution in [0.15, 0.2) is 25.0 Å². The molecule has 2 atom stereocenters. The highest BCUT2D eigenvalue weighted by Crippen LogP contribution is 2.39. The van der Waals surface area contributed by atoms with Crippen LogP contribution in [0.2, 0.25) is 0 Å². The summed E-state index contributed by atoms with van der Waals surface area (Å²) in [6, 6.07) is 2.89. The number of aromatic nitrogens is 6. The van der Waals surface area contributed by atoms with Gasteiger partial charge in [0, 0.05) is 38.5 Å². The van der Waals surface area contributed by atoms with Gasteiger partial charge >= 0.3 is 0 Å². The van der Waals surface area contributed by atoms with Gasteiger partial charge in [-0.05, 0) is 13.3 Å². The Kier molecular flexibility index (Phi) is 3.89. The normalized spacial score (nSPS) is 21.6. The third-order valence-electron chi connectivity index (χ3n) is 5.47. The maximum Gasteiger partial charge on any atom is 0.165 e. The highest BCUT2D eigenvalue weighted by atomic mass is 16.5. The summed E-state index contributed by atoms with van der Waals surface area (Å²) in [5, 5.41) is 0. The maximum atomic E-state index is 5.18. The maximum absolute atomic E-state index is 5.18. The second kappa shape index (κ2) is 6.41. The third kappa shape index (κ3) is 2.69. The van der Waals surface area contributed by atoms with Gasteiger partial charge in [0.2, 0.25) is 0 Å². The van der Waals surface area contributed by atoms with Crippen LogP contribution in [0, 0.1) is 6.92 Å². The molecule has 0 amide bonds. The van der Waals surface area contributed by atoms with Gasteiger partial charge in [0.15, 0.2) is 17.0 Å². The first-order valence-electron chi connectivity index (χ1n) is 9.21. The summed E-state index contributed by atoms with van der Waals surface area (Å²) >= 11 is 0. The van der Waals surface area contributed by atoms with Crippen LogP contribution >= 0.6 is 0 Å². The van der Waals surface area contributed by atoms with E-state index in [2.05, 4.69) is 40.8 Å². The second-order valence-electron chi connectivity index (χ2n) is 7.17. The molecule has 0 N–H and O–H groups in total. The second-order valence-corrected chi connectivity index (χ2v) is 7.17. The number of hydrogen-bond acceptors (Lipinski definition) is 8. The van der Waals surface area contributed by atoms with E-state index in [1.54, 1.807) is 19.8 Å². The summed E-state index contributed by atoms with van der Waals surface area (Å²) in [6.07, 6.45) is 6.29. The quantitative estimate of drug-likeness (QED) is 0.662. The van der Waals surface area contributed by atoms with Crippen LogP contribution in [0.4, 0.5) is 11.6 Å². The zero-order valence-electron chi connectivity index (χ0n) is 15.5. The van der Waals surface area contributed by atoms with Crippen LogP contribution in [0.3, 0.4) is 0 Å². The zero-order valence-corrected chi connectivity index (χ0v) is 15.5. The summed E-state index contributed by atoms with van der Waals surface area (Å²) in [7, 11) is 1.70. The Morgan fingerprint density at radius 1 is 1.07 bits per heavy atom. The Balaban J connectivity index is 1.40. The van der Waals surface area contributed by atoms with Crippen molar-refractivity contribution in [3.8, 4) is 0 Å². The first kappa shape index (κ1) is 16.4. The third-order valence-corrected chi connectivity index (χ3v) is 5.47. The lowest BCUT2D eigenvalue weighted by atomic mass is 9.87. The molecule has 3 aromatic heterocycles. The van der Waals surface area contributed by atoms with Crippen molar-refractivity contribution in [2.45, 2.75) is 32.0 Å². The van der Waals surface area contributed by atoms with Gasteiger partial charge in [-0.15, -0.1) is 0 Å². The predicted molar refractivity (Wildman–Crippen MR) is 101 cm³/mol. The summed E-state index contributed by atoms with van der Waals surface area (Å²) in [4.78, 5) is 27.0. The van der Waals surface area contributed by atoms with Crippen LogP contribution in [0.5, 0.6) is 0 Å². The largest absolute Gasteiger partial charge is 0.383 e. The molecule has 6 rings (SSSR count). The Labute approximate surface area is 157 Å². The van der Waals surface area contributed by atoms with Crippen molar-refractivity contribution in [2.75, 3.05) is 36.6 Å². The van der Waals surface area contributed by atoms with Gasteiger partial charge in [-0.1, -0.05) is 0 Å². The molecule has 9 nitrogen and oxygen atoms in total. The van der Waals surface area contributed by atoms with E-state index in [-0.39, 0.29) is 0 Å². The number of piperazine rings is 1. The average molecular weight is 366 g/mol. The van der Waals surface area contributed by atoms with Gasteiger partial charge < -0.3 is 19.1 Å². The number of nitrogens with zero attached hydrogens (tertiary/aromatic N) is 8. The summed E-state index contributed by atoms with van der Waals surface area (Å²) in [5.41, 5.74) is 2.73. The molecule has 0 aromatic carbocycles. The topological polar surface area (TPSA) is 85.1 Å². The highest BCUT2D eigenvalue weighted by molar-refractivity contribution is 5.84. The molecule has 140 valence electrons. The van der Waals surface area contributed by atoms with Crippen molar-refractivity contribution in [3.05, 3.63) is 30.7 Å². The van der Waals surface area contributed by atoms with E-state index in [4.69, 9.17) is 4.74 Å². The van der Waals surface area contributed by atoms with Crippen LogP contribution < -0.4 is 9.80 Å². The van der Waals surface area contributed by atoms with Crippen molar-refractivity contribution in [1.82, 2.24) is 29.5 Å². The molecule has 9 heteroatoms. The van der Waals surface area contributed by atoms with Gasteiger partial charge in [0.1, 0.15) is 18.5 Å². The monoisotopic (exact) mass is 366 g/mol. The summed E-state index contributed by atoms with van der Waals surface area (Å²) < 4.78 is 7.20. The van der Waals surface area contributed by atoms with Crippen LogP contribution in [-0.4, -0.2) is 68.4 Å². The Morgan fingerprint density at radius 2 is 1.89 bits per heavy atom. The zero-order chi connectivity index (χ0) is 18.4. The molecule has 6 heterocycles. The highest BCUT2D eigenvalue weighted by Gasteiger charge is 2.46. The molecule has 3 aliphatic rings. The SMILES string of the molecule is COCCn1cnc2c(N3C4CC3CN(c3cc(C)ncn3)C4)ncnc21. The summed E-state index contributed by atoms with van der Waals surface area (Å²) in [5.74, 6) is 1.95. The number of piperidine rings is 1. The van der Waals surface area contributed by atoms with Crippen molar-refractivity contribution in [3.63, 3.8) is 0 Å². The number of ether oxygens (including phenoxy) is 1. The molecular formula is C18H22N8O. The van der Waals surface area contributed by atoms with Gasteiger partial charge in [0.25, 0.3) is 0 Å². The molecule has 0 spiro atoms. The van der Waals surface area contributed by atoms with Gasteiger partial charge in [0.05, 0.1) is 25.0 Å². The predicted octanol–water partition coefficient (Wildman–Crippen LogP) is 1.04. The first-order valence-corrected chi connectivity index (χ1v) is 9.21. The number of aryl methyl sites for hydroxylation is 1. The molecule has 3 fully saturated rings. The van der Waals surface area contributed by atoms with Crippen LogP contribution in [-0.2, 0) is 11.3 Å². The van der Waals surface area contributed by atoms with Crippen molar-refractivity contribution in [2.24, 2.45) is 0 Å². The van der Waals surface area contributed by atoms with E-state index in [1.807, 2.05) is 17.8 Å². The smallest absolute Gasteiger partial charge is 0.165 e. The lowest BCUT2D eigenvalue weighted by Gasteiger charge is -2.57. The van der Waals surface area contributed by atoms with E-state index in [1.165, 1.54) is 6.42 Å². The average Bonchev–Trinajstić information content (AvgIpc) is 3.10. The van der Waals surface area contributed by atoms with Gasteiger partial charge in [-0.25, -0.2) is 24.9 Å². The number of rotatable bonds is 5. The lowest BCUT2D eigenvalue weighted by Crippen LogP contribution is -2.69. The number of fused-ring (bicyclic) bond motifs is 3. The summed E-state index contributed by atoms with van der Waals surface area (Å²) in [6.45, 7) is 5.23. The minimum absolute atomic E-state index is 0.418. The van der Waals surface area contributed by atoms with Crippen molar-refractivity contribution >= 4 is 22.8 Å². The number of hydrogen-bond donors (Lipinski definition) is 0. The fourth-order valence-corrected chi connectivity index (χ4v) is 4.17. The molecule has 2 bridgehead atoms. The number of methoxy groups -OCH3 is 1. The standard InChI is InChI=1S/C18H22N8O/c1-12-5-15(20-9-19-12)25-7-13-6-14(8-25)26(13)18-16-17(21-10-22-18)24(11-23-16)3-4-27-2/h5,9-11,13-14H,3-4,6-8H2,1-2H3. The van der Waals surface area contributed by atoms with E-state index >= 15 is 0 Å². The van der Waals surface area contributed by atoms with E-state index in [0.717, 1.165) is 48.1 Å². The molecule has 2 unspecified atom stereocenters. The first-order chi connectivity index (χ1) is 13.2. The minimum Gasteiger partial charge on any atom is -0.383 e. The Morgan fingerprint density at radius 3 is 2.67 bits per heavy atom. The molecule has 3 aliphatic heterocycles. The van der Waals surface area contributed by atoms with Crippen molar-refractivity contribution in [1.29, 1.82) is 0 Å². The van der Waals surface area contributed by atoms with Crippen molar-refractivity contribution < 1.29 is 4.74 Å². The Bertz CT molecular complexity index is 961. The molecule has 3 aromatic rings. The van der Waals surface area contributed by atoms with E-state index < -0.39 is 0 Å². The van der Waals surface area contributed by atoms with Gasteiger partial charge in [-0.2, -0.15) is 0 Å². The lowest BCUT2D eigenvalue weighted by molar-refractivity contribution is 0.188. The molecule has 0 aliphatic carbocycles. The molecule has 27 heavy (non-hydrogen) atoms. The number of imidazole rings is 1. The fourth-order valence-electron chi connectivity index (χ4n) is 4.17. The number of anilines is 2. The molecular weight excluding hydrogens is 344 g/mol. The van der Waals surface area contributed by atoms with E-state index in [9.17, 15) is 0 Å². The van der Waals surface area contributed by atoms with E-state index in [0.29, 0.717) is 18.7 Å². The Hall–Kier alpha value is -2.81. The molecule has 3 saturated heterocycles. The fraction of sp³-hybridized carbons (Fsp3) is 0.500. The van der Waals surface area contributed by atoms with Crippen LogP contribution in [0.25, 0.3) is 11.2 Å². The van der Waals surface area contributed by atoms with Gasteiger partial charge in [-0.3, -0.25) is 0 Å². The molecule has 0 radical (unpaired) electrons. The molecule has 0 saturated carbocycles.